The number of halogens is 1. The quantitative estimate of drug-likeness (QED) is 0.419. The van der Waals surface area contributed by atoms with E-state index in [9.17, 15) is 9.59 Å². The number of amides is 2. The highest BCUT2D eigenvalue weighted by molar-refractivity contribution is 8.19. The van der Waals surface area contributed by atoms with Gasteiger partial charge in [-0.05, 0) is 53.2 Å². The summed E-state index contributed by atoms with van der Waals surface area (Å²) in [6.07, 6.45) is 1.66. The Morgan fingerprint density at radius 1 is 0.968 bits per heavy atom. The summed E-state index contributed by atoms with van der Waals surface area (Å²) in [6, 6.07) is 21.9. The van der Waals surface area contributed by atoms with Gasteiger partial charge in [0.15, 0.2) is 11.5 Å². The molecule has 31 heavy (non-hydrogen) atoms. The normalized spacial score (nSPS) is 14.9. The maximum atomic E-state index is 12.9. The molecule has 0 saturated carbocycles. The number of hydrogen-bond acceptors (Lipinski definition) is 5. The van der Waals surface area contributed by atoms with Crippen LogP contribution in [0.5, 0.6) is 11.5 Å². The van der Waals surface area contributed by atoms with Gasteiger partial charge in [-0.2, -0.15) is 0 Å². The standard InChI is InChI=1S/C24H18ClNO4S/c1-29-21-13-17(11-12-20(21)30-15-16-7-3-2-4-8-16)14-22-23(27)26(24(28)31-22)19-10-6-5-9-18(19)25/h2-14H,15H2,1H3/b22-14-. The number of methoxy groups -OCH3 is 1. The van der Waals surface area contributed by atoms with Crippen LogP contribution in [0.2, 0.25) is 5.02 Å². The summed E-state index contributed by atoms with van der Waals surface area (Å²) in [4.78, 5) is 26.7. The summed E-state index contributed by atoms with van der Waals surface area (Å²) in [5.41, 5.74) is 2.13. The van der Waals surface area contributed by atoms with Crippen LogP contribution in [0, 0.1) is 0 Å². The smallest absolute Gasteiger partial charge is 0.298 e. The number of carbonyl (C=O) groups excluding carboxylic acids is 2. The maximum Gasteiger partial charge on any atom is 0.298 e. The van der Waals surface area contributed by atoms with Gasteiger partial charge in [0.2, 0.25) is 0 Å². The van der Waals surface area contributed by atoms with Crippen LogP contribution < -0.4 is 14.4 Å². The average Bonchev–Trinajstić information content (AvgIpc) is 3.06. The molecule has 1 fully saturated rings. The van der Waals surface area contributed by atoms with Crippen molar-refractivity contribution in [3.63, 3.8) is 0 Å². The molecular weight excluding hydrogens is 434 g/mol. The fraction of sp³-hybridized carbons (Fsp3) is 0.0833. The van der Waals surface area contributed by atoms with Crippen molar-refractivity contribution in [3.8, 4) is 11.5 Å². The lowest BCUT2D eigenvalue weighted by atomic mass is 10.1. The van der Waals surface area contributed by atoms with Gasteiger partial charge in [-0.3, -0.25) is 9.59 Å². The Morgan fingerprint density at radius 2 is 1.71 bits per heavy atom. The van der Waals surface area contributed by atoms with Crippen LogP contribution in [0.1, 0.15) is 11.1 Å². The third-order valence-corrected chi connectivity index (χ3v) is 5.80. The van der Waals surface area contributed by atoms with Gasteiger partial charge in [-0.15, -0.1) is 0 Å². The van der Waals surface area contributed by atoms with Crippen LogP contribution in [0.4, 0.5) is 10.5 Å². The molecule has 3 aromatic carbocycles. The molecule has 4 rings (SSSR count). The first-order chi connectivity index (χ1) is 15.1. The second-order valence-corrected chi connectivity index (χ2v) is 8.05. The van der Waals surface area contributed by atoms with Gasteiger partial charge in [0, 0.05) is 0 Å². The van der Waals surface area contributed by atoms with E-state index in [-0.39, 0.29) is 5.24 Å². The second-order valence-electron chi connectivity index (χ2n) is 6.65. The van der Waals surface area contributed by atoms with E-state index in [1.807, 2.05) is 36.4 Å². The molecule has 1 aliphatic heterocycles. The number of rotatable bonds is 6. The van der Waals surface area contributed by atoms with Crippen LogP contribution in [-0.2, 0) is 11.4 Å². The number of thioether (sulfide) groups is 1. The predicted molar refractivity (Wildman–Crippen MR) is 124 cm³/mol. The first-order valence-corrected chi connectivity index (χ1v) is 10.6. The molecule has 2 amide bonds. The second kappa shape index (κ2) is 9.29. The summed E-state index contributed by atoms with van der Waals surface area (Å²) in [5, 5.41) is -0.0493. The Balaban J connectivity index is 1.55. The first-order valence-electron chi connectivity index (χ1n) is 9.44. The molecule has 156 valence electrons. The lowest BCUT2D eigenvalue weighted by Crippen LogP contribution is -2.27. The fourth-order valence-corrected chi connectivity index (χ4v) is 4.14. The molecule has 5 nitrogen and oxygen atoms in total. The molecule has 0 radical (unpaired) electrons. The lowest BCUT2D eigenvalue weighted by molar-refractivity contribution is -0.113. The van der Waals surface area contributed by atoms with Crippen molar-refractivity contribution in [2.45, 2.75) is 6.61 Å². The number of ether oxygens (including phenoxy) is 2. The van der Waals surface area contributed by atoms with E-state index in [0.717, 1.165) is 22.2 Å². The van der Waals surface area contributed by atoms with Crippen molar-refractivity contribution in [2.24, 2.45) is 0 Å². The highest BCUT2D eigenvalue weighted by Gasteiger charge is 2.37. The summed E-state index contributed by atoms with van der Waals surface area (Å²) < 4.78 is 11.3. The molecule has 0 N–H and O–H groups in total. The zero-order valence-corrected chi connectivity index (χ0v) is 18.2. The largest absolute Gasteiger partial charge is 0.493 e. The summed E-state index contributed by atoms with van der Waals surface area (Å²) in [6.45, 7) is 0.410. The molecule has 1 heterocycles. The summed E-state index contributed by atoms with van der Waals surface area (Å²) >= 11 is 7.04. The number of anilines is 1. The maximum absolute atomic E-state index is 12.9. The van der Waals surface area contributed by atoms with Crippen molar-refractivity contribution < 1.29 is 19.1 Å². The number of imide groups is 1. The fourth-order valence-electron chi connectivity index (χ4n) is 3.09. The van der Waals surface area contributed by atoms with Crippen LogP contribution in [-0.4, -0.2) is 18.3 Å². The Kier molecular flexibility index (Phi) is 6.30. The molecule has 1 aliphatic rings. The van der Waals surface area contributed by atoms with Gasteiger partial charge in [0.25, 0.3) is 11.1 Å². The number of hydrogen-bond donors (Lipinski definition) is 0. The molecule has 0 aromatic heterocycles. The van der Waals surface area contributed by atoms with Crippen molar-refractivity contribution in [1.29, 1.82) is 0 Å². The molecule has 0 spiro atoms. The molecule has 0 aliphatic carbocycles. The lowest BCUT2D eigenvalue weighted by Gasteiger charge is -2.13. The van der Waals surface area contributed by atoms with Gasteiger partial charge in [0.05, 0.1) is 22.7 Å². The third kappa shape index (κ3) is 4.60. The number of benzene rings is 3. The van der Waals surface area contributed by atoms with Gasteiger partial charge in [-0.25, -0.2) is 4.90 Å². The van der Waals surface area contributed by atoms with E-state index in [1.165, 1.54) is 0 Å². The molecule has 1 saturated heterocycles. The van der Waals surface area contributed by atoms with Crippen molar-refractivity contribution >= 4 is 46.3 Å². The molecule has 0 unspecified atom stereocenters. The summed E-state index contributed by atoms with van der Waals surface area (Å²) in [7, 11) is 1.56. The molecular formula is C24H18ClNO4S. The molecule has 7 heteroatoms. The van der Waals surface area contributed by atoms with Crippen LogP contribution >= 0.6 is 23.4 Å². The summed E-state index contributed by atoms with van der Waals surface area (Å²) in [5.74, 6) is 0.717. The van der Waals surface area contributed by atoms with Gasteiger partial charge in [0.1, 0.15) is 6.61 Å². The average molecular weight is 452 g/mol. The van der Waals surface area contributed by atoms with E-state index < -0.39 is 5.91 Å². The molecule has 0 bridgehead atoms. The molecule has 3 aromatic rings. The Hall–Kier alpha value is -3.22. The van der Waals surface area contributed by atoms with E-state index >= 15 is 0 Å². The van der Waals surface area contributed by atoms with Crippen LogP contribution in [0.15, 0.2) is 77.7 Å². The topological polar surface area (TPSA) is 55.8 Å². The minimum Gasteiger partial charge on any atom is -0.493 e. The minimum atomic E-state index is -0.411. The monoisotopic (exact) mass is 451 g/mol. The molecule has 0 atom stereocenters. The van der Waals surface area contributed by atoms with E-state index in [2.05, 4.69) is 0 Å². The van der Waals surface area contributed by atoms with E-state index in [4.69, 9.17) is 21.1 Å². The zero-order chi connectivity index (χ0) is 21.8. The van der Waals surface area contributed by atoms with Crippen molar-refractivity contribution in [2.75, 3.05) is 12.0 Å². The van der Waals surface area contributed by atoms with Crippen molar-refractivity contribution in [3.05, 3.63) is 93.9 Å². The third-order valence-electron chi connectivity index (χ3n) is 4.61. The Bertz CT molecular complexity index is 1160. The van der Waals surface area contributed by atoms with Crippen molar-refractivity contribution in [1.82, 2.24) is 0 Å². The number of carbonyl (C=O) groups is 2. The van der Waals surface area contributed by atoms with Crippen LogP contribution in [0.3, 0.4) is 0 Å². The first kappa shape index (κ1) is 21.0. The highest BCUT2D eigenvalue weighted by atomic mass is 35.5. The van der Waals surface area contributed by atoms with Crippen LogP contribution in [0.25, 0.3) is 6.08 Å². The predicted octanol–water partition coefficient (Wildman–Crippen LogP) is 6.17. The zero-order valence-electron chi connectivity index (χ0n) is 16.6. The Morgan fingerprint density at radius 3 is 2.45 bits per heavy atom. The Labute approximate surface area is 189 Å². The van der Waals surface area contributed by atoms with Gasteiger partial charge >= 0.3 is 0 Å². The highest BCUT2D eigenvalue weighted by Crippen LogP contribution is 2.39. The number of nitrogens with zero attached hydrogens (tertiary/aromatic N) is 1. The SMILES string of the molecule is COc1cc(/C=C2\SC(=O)N(c3ccccc3Cl)C2=O)ccc1OCc1ccccc1. The van der Waals surface area contributed by atoms with E-state index in [0.29, 0.717) is 39.3 Å². The minimum absolute atomic E-state index is 0.310. The van der Waals surface area contributed by atoms with Gasteiger partial charge in [-0.1, -0.05) is 60.1 Å². The number of para-hydroxylation sites is 1. The van der Waals surface area contributed by atoms with Gasteiger partial charge < -0.3 is 9.47 Å². The van der Waals surface area contributed by atoms with E-state index in [1.54, 1.807) is 49.6 Å².